The summed E-state index contributed by atoms with van der Waals surface area (Å²) in [6, 6.07) is 3.84. The molecule has 0 spiro atoms. The summed E-state index contributed by atoms with van der Waals surface area (Å²) in [6.45, 7) is 3.18. The Morgan fingerprint density at radius 1 is 1.38 bits per heavy atom. The molecule has 0 saturated heterocycles. The summed E-state index contributed by atoms with van der Waals surface area (Å²) in [5.41, 5.74) is 0.106. The lowest BCUT2D eigenvalue weighted by Gasteiger charge is -2.13. The lowest BCUT2D eigenvalue weighted by Crippen LogP contribution is -2.17. The van der Waals surface area contributed by atoms with Gasteiger partial charge in [0.15, 0.2) is 9.84 Å². The van der Waals surface area contributed by atoms with Crippen LogP contribution >= 0.6 is 0 Å². The zero-order valence-electron chi connectivity index (χ0n) is 12.0. The van der Waals surface area contributed by atoms with E-state index in [4.69, 9.17) is 4.74 Å². The predicted octanol–water partition coefficient (Wildman–Crippen LogP) is 1.85. The Morgan fingerprint density at radius 3 is 2.57 bits per heavy atom. The number of aliphatic hydroxyl groups is 1. The van der Waals surface area contributed by atoms with Crippen LogP contribution in [-0.2, 0) is 9.84 Å². The zero-order chi connectivity index (χ0) is 16.0. The number of non-ortho nitro benzene ring substituents is 1. The molecule has 0 aliphatic carbocycles. The second-order valence-corrected chi connectivity index (χ2v) is 6.96. The van der Waals surface area contributed by atoms with Crippen molar-refractivity contribution in [2.75, 3.05) is 18.1 Å². The van der Waals surface area contributed by atoms with Gasteiger partial charge in [0.2, 0.25) is 0 Å². The van der Waals surface area contributed by atoms with Gasteiger partial charge in [-0.2, -0.15) is 0 Å². The number of rotatable bonds is 8. The van der Waals surface area contributed by atoms with E-state index in [1.54, 1.807) is 6.92 Å². The first kappa shape index (κ1) is 17.4. The predicted molar refractivity (Wildman–Crippen MR) is 78.2 cm³/mol. The fourth-order valence-electron chi connectivity index (χ4n) is 1.80. The van der Waals surface area contributed by atoms with Crippen molar-refractivity contribution in [3.8, 4) is 5.75 Å². The van der Waals surface area contributed by atoms with E-state index >= 15 is 0 Å². The van der Waals surface area contributed by atoms with Gasteiger partial charge in [-0.3, -0.25) is 10.1 Å². The van der Waals surface area contributed by atoms with Crippen LogP contribution in [-0.4, -0.2) is 36.6 Å². The van der Waals surface area contributed by atoms with Crippen molar-refractivity contribution in [1.82, 2.24) is 0 Å². The van der Waals surface area contributed by atoms with Crippen LogP contribution in [0.1, 0.15) is 31.9 Å². The first-order chi connectivity index (χ1) is 9.76. The summed E-state index contributed by atoms with van der Waals surface area (Å²) in [7, 11) is -3.15. The van der Waals surface area contributed by atoms with Crippen LogP contribution in [0.25, 0.3) is 0 Å². The topological polar surface area (TPSA) is 107 Å². The highest BCUT2D eigenvalue weighted by atomic mass is 32.2. The summed E-state index contributed by atoms with van der Waals surface area (Å²) < 4.78 is 28.5. The van der Waals surface area contributed by atoms with Gasteiger partial charge in [-0.05, 0) is 19.4 Å². The van der Waals surface area contributed by atoms with E-state index in [1.165, 1.54) is 25.1 Å². The number of hydrogen-bond acceptors (Lipinski definition) is 6. The molecular formula is C13H19NO6S. The van der Waals surface area contributed by atoms with Gasteiger partial charge in [0, 0.05) is 17.7 Å². The lowest BCUT2D eigenvalue weighted by atomic mass is 10.1. The van der Waals surface area contributed by atoms with Crippen molar-refractivity contribution >= 4 is 15.5 Å². The molecule has 0 aromatic heterocycles. The first-order valence-electron chi connectivity index (χ1n) is 6.56. The van der Waals surface area contributed by atoms with Crippen molar-refractivity contribution in [3.05, 3.63) is 33.9 Å². The zero-order valence-corrected chi connectivity index (χ0v) is 12.8. The summed E-state index contributed by atoms with van der Waals surface area (Å²) in [4.78, 5) is 10.1. The molecule has 0 amide bonds. The molecule has 0 aliphatic rings. The van der Waals surface area contributed by atoms with E-state index in [0.29, 0.717) is 6.42 Å². The van der Waals surface area contributed by atoms with Crippen LogP contribution in [0.4, 0.5) is 5.69 Å². The summed E-state index contributed by atoms with van der Waals surface area (Å²) >= 11 is 0. The molecule has 1 N–H and O–H groups in total. The van der Waals surface area contributed by atoms with Gasteiger partial charge in [0.1, 0.15) is 12.4 Å². The van der Waals surface area contributed by atoms with Crippen molar-refractivity contribution in [2.45, 2.75) is 26.4 Å². The molecule has 7 nitrogen and oxygen atoms in total. The molecule has 1 aromatic carbocycles. The maximum atomic E-state index is 11.6. The molecule has 0 saturated carbocycles. The van der Waals surface area contributed by atoms with E-state index < -0.39 is 20.9 Å². The number of nitrogens with zero attached hydrogens (tertiary/aromatic N) is 1. The molecule has 0 fully saturated rings. The molecule has 1 unspecified atom stereocenters. The van der Waals surface area contributed by atoms with E-state index in [9.17, 15) is 23.6 Å². The van der Waals surface area contributed by atoms with Crippen LogP contribution < -0.4 is 4.74 Å². The van der Waals surface area contributed by atoms with Crippen LogP contribution in [0.3, 0.4) is 0 Å². The Bertz CT molecular complexity index is 597. The second-order valence-electron chi connectivity index (χ2n) is 4.66. The standard InChI is InChI=1S/C13H19NO6S/c1-3-7-21(18,19)8-6-20-13-5-4-11(14(16)17)9-12(13)10(2)15/h4-5,9-10,15H,3,6-8H2,1-2H3. The third-order valence-corrected chi connectivity index (χ3v) is 4.64. The lowest BCUT2D eigenvalue weighted by molar-refractivity contribution is -0.385. The fourth-order valence-corrected chi connectivity index (χ4v) is 2.96. The molecule has 1 atom stereocenters. The number of sulfone groups is 1. The van der Waals surface area contributed by atoms with E-state index in [0.717, 1.165) is 0 Å². The quantitative estimate of drug-likeness (QED) is 0.579. The maximum Gasteiger partial charge on any atom is 0.270 e. The van der Waals surface area contributed by atoms with Crippen molar-refractivity contribution in [1.29, 1.82) is 0 Å². The van der Waals surface area contributed by atoms with Gasteiger partial charge in [0.25, 0.3) is 5.69 Å². The Kier molecular flexibility index (Phi) is 6.10. The Labute approximate surface area is 123 Å². The molecule has 0 radical (unpaired) electrons. The number of ether oxygens (including phenoxy) is 1. The smallest absolute Gasteiger partial charge is 0.270 e. The number of aliphatic hydroxyl groups excluding tert-OH is 1. The highest BCUT2D eigenvalue weighted by Gasteiger charge is 2.16. The Morgan fingerprint density at radius 2 is 2.05 bits per heavy atom. The molecule has 1 rings (SSSR count). The van der Waals surface area contributed by atoms with Gasteiger partial charge < -0.3 is 9.84 Å². The third-order valence-electron chi connectivity index (χ3n) is 2.82. The SMILES string of the molecule is CCCS(=O)(=O)CCOc1ccc([N+](=O)[O-])cc1C(C)O. The minimum atomic E-state index is -3.15. The summed E-state index contributed by atoms with van der Waals surface area (Å²) in [5.74, 6) is 0.221. The normalized spacial score (nSPS) is 12.9. The van der Waals surface area contributed by atoms with E-state index in [2.05, 4.69) is 0 Å². The Balaban J connectivity index is 2.82. The van der Waals surface area contributed by atoms with Gasteiger partial charge in [-0.25, -0.2) is 8.42 Å². The highest BCUT2D eigenvalue weighted by molar-refractivity contribution is 7.91. The molecule has 118 valence electrons. The van der Waals surface area contributed by atoms with Gasteiger partial charge >= 0.3 is 0 Å². The maximum absolute atomic E-state index is 11.6. The van der Waals surface area contributed by atoms with Crippen molar-refractivity contribution in [2.24, 2.45) is 0 Å². The van der Waals surface area contributed by atoms with Crippen LogP contribution in [0.15, 0.2) is 18.2 Å². The van der Waals surface area contributed by atoms with Crippen molar-refractivity contribution in [3.63, 3.8) is 0 Å². The molecule has 0 heterocycles. The molecule has 0 bridgehead atoms. The van der Waals surface area contributed by atoms with Crippen LogP contribution in [0, 0.1) is 10.1 Å². The monoisotopic (exact) mass is 317 g/mol. The average Bonchev–Trinajstić information content (AvgIpc) is 2.38. The summed E-state index contributed by atoms with van der Waals surface area (Å²) in [5, 5.41) is 20.3. The number of hydrogen-bond donors (Lipinski definition) is 1. The number of nitro groups is 1. The van der Waals surface area contributed by atoms with Crippen molar-refractivity contribution < 1.29 is 23.2 Å². The van der Waals surface area contributed by atoms with Crippen LogP contribution in [0.5, 0.6) is 5.75 Å². The molecule has 1 aromatic rings. The summed E-state index contributed by atoms with van der Waals surface area (Å²) in [6.07, 6.45) is -0.411. The third kappa shape index (κ3) is 5.31. The number of nitro benzene ring substituents is 1. The first-order valence-corrected chi connectivity index (χ1v) is 8.38. The highest BCUT2D eigenvalue weighted by Crippen LogP contribution is 2.29. The van der Waals surface area contributed by atoms with Gasteiger partial charge in [-0.1, -0.05) is 6.92 Å². The van der Waals surface area contributed by atoms with Gasteiger partial charge in [0.05, 0.1) is 22.5 Å². The fraction of sp³-hybridized carbons (Fsp3) is 0.538. The Hall–Kier alpha value is -1.67. The molecule has 21 heavy (non-hydrogen) atoms. The minimum absolute atomic E-state index is 0.0557. The largest absolute Gasteiger partial charge is 0.492 e. The number of benzene rings is 1. The minimum Gasteiger partial charge on any atom is -0.492 e. The van der Waals surface area contributed by atoms with E-state index in [-0.39, 0.29) is 35.1 Å². The second kappa shape index (κ2) is 7.37. The molecule has 0 aliphatic heterocycles. The van der Waals surface area contributed by atoms with Crippen LogP contribution in [0.2, 0.25) is 0 Å². The average molecular weight is 317 g/mol. The molecule has 8 heteroatoms. The molecular weight excluding hydrogens is 298 g/mol. The van der Waals surface area contributed by atoms with Gasteiger partial charge in [-0.15, -0.1) is 0 Å². The van der Waals surface area contributed by atoms with E-state index in [1.807, 2.05) is 0 Å².